The fourth-order valence-electron chi connectivity index (χ4n) is 3.68. The lowest BCUT2D eigenvalue weighted by Crippen LogP contribution is -2.40. The van der Waals surface area contributed by atoms with E-state index in [-0.39, 0.29) is 30.9 Å². The van der Waals surface area contributed by atoms with Gasteiger partial charge in [-0.15, -0.1) is 23.7 Å². The van der Waals surface area contributed by atoms with Crippen LogP contribution in [0.3, 0.4) is 0 Å². The van der Waals surface area contributed by atoms with E-state index in [1.54, 1.807) is 31.6 Å². The SMILES string of the molecule is COc1cc2c(cc1OC)C(c1cccs1)N(C(=O)c1coc(CN)c1)CC2.Cl. The molecule has 0 fully saturated rings. The first-order chi connectivity index (χ1) is 13.7. The van der Waals surface area contributed by atoms with Gasteiger partial charge in [-0.2, -0.15) is 0 Å². The first kappa shape index (κ1) is 21.2. The maximum atomic E-state index is 13.3. The number of nitrogens with zero attached hydrogens (tertiary/aromatic N) is 1. The van der Waals surface area contributed by atoms with Gasteiger partial charge in [0.1, 0.15) is 12.0 Å². The van der Waals surface area contributed by atoms with Crippen molar-refractivity contribution in [2.24, 2.45) is 5.73 Å². The van der Waals surface area contributed by atoms with Crippen molar-refractivity contribution < 1.29 is 18.7 Å². The molecule has 2 aromatic heterocycles. The zero-order valence-corrected chi connectivity index (χ0v) is 17.8. The lowest BCUT2D eigenvalue weighted by Gasteiger charge is -2.37. The van der Waals surface area contributed by atoms with Crippen LogP contribution in [0, 0.1) is 0 Å². The van der Waals surface area contributed by atoms with Crippen LogP contribution in [-0.2, 0) is 13.0 Å². The molecule has 0 bridgehead atoms. The molecule has 0 spiro atoms. The minimum atomic E-state index is -0.188. The van der Waals surface area contributed by atoms with Crippen molar-refractivity contribution in [2.45, 2.75) is 19.0 Å². The molecule has 8 heteroatoms. The molecule has 1 aliphatic rings. The van der Waals surface area contributed by atoms with Gasteiger partial charge >= 0.3 is 0 Å². The molecule has 1 amide bonds. The number of amides is 1. The Bertz CT molecular complexity index is 987. The van der Waals surface area contributed by atoms with E-state index in [1.165, 1.54) is 6.26 Å². The summed E-state index contributed by atoms with van der Waals surface area (Å²) in [7, 11) is 3.25. The first-order valence-electron chi connectivity index (χ1n) is 9.03. The number of rotatable bonds is 5. The molecule has 3 aromatic rings. The van der Waals surface area contributed by atoms with E-state index in [1.807, 2.05) is 28.5 Å². The average molecular weight is 435 g/mol. The Morgan fingerprint density at radius 1 is 1.28 bits per heavy atom. The Balaban J connectivity index is 0.00000240. The Labute approximate surface area is 179 Å². The van der Waals surface area contributed by atoms with E-state index in [0.717, 1.165) is 22.4 Å². The largest absolute Gasteiger partial charge is 0.493 e. The number of furan rings is 1. The molecule has 2 N–H and O–H groups in total. The molecule has 1 unspecified atom stereocenters. The zero-order valence-electron chi connectivity index (χ0n) is 16.2. The van der Waals surface area contributed by atoms with Crippen LogP contribution < -0.4 is 15.2 Å². The third kappa shape index (κ3) is 3.85. The molecule has 1 aliphatic heterocycles. The number of hydrogen-bond acceptors (Lipinski definition) is 6. The fraction of sp³-hybridized carbons (Fsp3) is 0.286. The first-order valence-corrected chi connectivity index (χ1v) is 9.90. The molecule has 4 rings (SSSR count). The van der Waals surface area contributed by atoms with Crippen molar-refractivity contribution >= 4 is 29.7 Å². The lowest BCUT2D eigenvalue weighted by molar-refractivity contribution is 0.0696. The van der Waals surface area contributed by atoms with E-state index >= 15 is 0 Å². The van der Waals surface area contributed by atoms with Crippen molar-refractivity contribution in [3.63, 3.8) is 0 Å². The molecule has 154 valence electrons. The van der Waals surface area contributed by atoms with Crippen LogP contribution in [0.2, 0.25) is 0 Å². The van der Waals surface area contributed by atoms with Gasteiger partial charge in [-0.1, -0.05) is 6.07 Å². The predicted molar refractivity (Wildman–Crippen MR) is 114 cm³/mol. The summed E-state index contributed by atoms with van der Waals surface area (Å²) in [5, 5.41) is 2.03. The molecule has 0 saturated heterocycles. The number of ether oxygens (including phenoxy) is 2. The molecular formula is C21H23ClN2O4S. The topological polar surface area (TPSA) is 77.9 Å². The number of fused-ring (bicyclic) bond motifs is 1. The average Bonchev–Trinajstić information content (AvgIpc) is 3.43. The Hall–Kier alpha value is -2.48. The minimum absolute atomic E-state index is 0. The van der Waals surface area contributed by atoms with E-state index in [2.05, 4.69) is 6.07 Å². The number of carbonyl (C=O) groups is 1. The van der Waals surface area contributed by atoms with Crippen LogP contribution in [0.15, 0.2) is 46.4 Å². The van der Waals surface area contributed by atoms with Gasteiger partial charge in [0.25, 0.3) is 5.91 Å². The van der Waals surface area contributed by atoms with Gasteiger partial charge in [0, 0.05) is 11.4 Å². The number of benzene rings is 1. The van der Waals surface area contributed by atoms with Gasteiger partial charge in [0.2, 0.25) is 0 Å². The van der Waals surface area contributed by atoms with E-state index in [0.29, 0.717) is 29.4 Å². The quantitative estimate of drug-likeness (QED) is 0.656. The molecule has 0 aliphatic carbocycles. The van der Waals surface area contributed by atoms with Crippen molar-refractivity contribution in [2.75, 3.05) is 20.8 Å². The summed E-state index contributed by atoms with van der Waals surface area (Å²) >= 11 is 1.63. The van der Waals surface area contributed by atoms with Gasteiger partial charge in [-0.25, -0.2) is 0 Å². The van der Waals surface area contributed by atoms with Crippen LogP contribution in [0.4, 0.5) is 0 Å². The van der Waals surface area contributed by atoms with Crippen LogP contribution in [-0.4, -0.2) is 31.6 Å². The molecule has 0 saturated carbocycles. The number of methoxy groups -OCH3 is 2. The summed E-state index contributed by atoms with van der Waals surface area (Å²) in [6.07, 6.45) is 2.23. The number of hydrogen-bond donors (Lipinski definition) is 1. The molecule has 1 aromatic carbocycles. The van der Waals surface area contributed by atoms with Gasteiger partial charge in [0.15, 0.2) is 11.5 Å². The van der Waals surface area contributed by atoms with Gasteiger partial charge in [-0.3, -0.25) is 4.79 Å². The second-order valence-corrected chi connectivity index (χ2v) is 7.56. The molecule has 1 atom stereocenters. The van der Waals surface area contributed by atoms with Gasteiger partial charge in [-0.05, 0) is 47.2 Å². The summed E-state index contributed by atoms with van der Waals surface area (Å²) in [5.41, 5.74) is 8.36. The van der Waals surface area contributed by atoms with Crippen LogP contribution in [0.1, 0.15) is 38.2 Å². The van der Waals surface area contributed by atoms with Crippen molar-refractivity contribution in [3.05, 3.63) is 69.3 Å². The van der Waals surface area contributed by atoms with Crippen LogP contribution >= 0.6 is 23.7 Å². The second kappa shape index (κ2) is 8.90. The predicted octanol–water partition coefficient (Wildman–Crippen LogP) is 4.03. The molecule has 29 heavy (non-hydrogen) atoms. The Kier molecular flexibility index (Phi) is 6.52. The molecule has 3 heterocycles. The highest BCUT2D eigenvalue weighted by Gasteiger charge is 2.34. The Morgan fingerprint density at radius 2 is 2.03 bits per heavy atom. The fourth-order valence-corrected chi connectivity index (χ4v) is 4.54. The zero-order chi connectivity index (χ0) is 19.7. The number of nitrogens with two attached hydrogens (primary N) is 1. The monoisotopic (exact) mass is 434 g/mol. The van der Waals surface area contributed by atoms with E-state index in [4.69, 9.17) is 19.6 Å². The maximum absolute atomic E-state index is 13.3. The smallest absolute Gasteiger partial charge is 0.257 e. The third-order valence-electron chi connectivity index (χ3n) is 5.05. The van der Waals surface area contributed by atoms with Crippen molar-refractivity contribution in [1.82, 2.24) is 4.90 Å². The summed E-state index contributed by atoms with van der Waals surface area (Å²) in [6, 6.07) is 9.59. The van der Waals surface area contributed by atoms with Gasteiger partial charge < -0.3 is 24.5 Å². The third-order valence-corrected chi connectivity index (χ3v) is 5.97. The van der Waals surface area contributed by atoms with Gasteiger partial charge in [0.05, 0.1) is 32.4 Å². The lowest BCUT2D eigenvalue weighted by atomic mass is 9.90. The highest BCUT2D eigenvalue weighted by atomic mass is 35.5. The molecular weight excluding hydrogens is 412 g/mol. The van der Waals surface area contributed by atoms with E-state index < -0.39 is 0 Å². The minimum Gasteiger partial charge on any atom is -0.493 e. The molecule has 6 nitrogen and oxygen atoms in total. The number of thiophene rings is 1. The summed E-state index contributed by atoms with van der Waals surface area (Å²) < 4.78 is 16.4. The standard InChI is InChI=1S/C21H22N2O4S.ClH/c1-25-17-9-13-5-6-23(21(24)14-8-15(11-22)27-12-14)20(19-4-3-7-28-19)16(13)10-18(17)26-2;/h3-4,7-10,12,20H,5-6,11,22H2,1-2H3;1H. The van der Waals surface area contributed by atoms with Crippen molar-refractivity contribution in [3.8, 4) is 11.5 Å². The summed E-state index contributed by atoms with van der Waals surface area (Å²) in [5.74, 6) is 1.89. The highest BCUT2D eigenvalue weighted by molar-refractivity contribution is 7.10. The number of halogens is 1. The van der Waals surface area contributed by atoms with Crippen LogP contribution in [0.25, 0.3) is 0 Å². The van der Waals surface area contributed by atoms with E-state index in [9.17, 15) is 4.79 Å². The Morgan fingerprint density at radius 3 is 2.66 bits per heavy atom. The maximum Gasteiger partial charge on any atom is 0.257 e. The van der Waals surface area contributed by atoms with Crippen molar-refractivity contribution in [1.29, 1.82) is 0 Å². The summed E-state index contributed by atoms with van der Waals surface area (Å²) in [4.78, 5) is 16.3. The number of carbonyl (C=O) groups excluding carboxylic acids is 1. The summed E-state index contributed by atoms with van der Waals surface area (Å²) in [6.45, 7) is 0.870. The van der Waals surface area contributed by atoms with Crippen LogP contribution in [0.5, 0.6) is 11.5 Å². The normalized spacial score (nSPS) is 15.4. The highest BCUT2D eigenvalue weighted by Crippen LogP contribution is 2.42. The second-order valence-electron chi connectivity index (χ2n) is 6.58. The molecule has 0 radical (unpaired) electrons.